The molecule has 0 radical (unpaired) electrons. The molecule has 1 aliphatic carbocycles. The number of ether oxygens (including phenoxy) is 1. The zero-order chi connectivity index (χ0) is 19.7. The standard InChI is InChI=1S/C23H21N3O2/c1-3-11-28-18-9-7-15(8-10-18)16-5-4-6-17(12-16)19-13-20(19)21-14-22(27)26(2)23(24)25-21/h1,4-10,12,14,19-20H,11,13H2,2H3,(H2,24,25). The molecule has 1 aliphatic rings. The van der Waals surface area contributed by atoms with Gasteiger partial charge >= 0.3 is 0 Å². The molecule has 0 amide bonds. The quantitative estimate of drug-likeness (QED) is 0.699. The molecule has 28 heavy (non-hydrogen) atoms. The zero-order valence-corrected chi connectivity index (χ0v) is 15.6. The summed E-state index contributed by atoms with van der Waals surface area (Å²) in [5.41, 5.74) is 10.0. The Morgan fingerprint density at radius 1 is 1.18 bits per heavy atom. The molecule has 0 spiro atoms. The largest absolute Gasteiger partial charge is 0.481 e. The Labute approximate surface area is 163 Å². The average Bonchev–Trinajstić information content (AvgIpc) is 3.51. The van der Waals surface area contributed by atoms with E-state index in [1.54, 1.807) is 13.1 Å². The molecule has 1 saturated carbocycles. The maximum atomic E-state index is 12.0. The molecule has 1 aromatic heterocycles. The van der Waals surface area contributed by atoms with Crippen molar-refractivity contribution in [3.05, 3.63) is 76.2 Å². The van der Waals surface area contributed by atoms with Crippen molar-refractivity contribution in [3.8, 4) is 29.2 Å². The Morgan fingerprint density at radius 3 is 2.68 bits per heavy atom. The Balaban J connectivity index is 1.54. The van der Waals surface area contributed by atoms with Gasteiger partial charge in [0.25, 0.3) is 5.56 Å². The molecule has 2 aromatic carbocycles. The van der Waals surface area contributed by atoms with Crippen LogP contribution in [-0.2, 0) is 7.05 Å². The van der Waals surface area contributed by atoms with Crippen LogP contribution >= 0.6 is 0 Å². The van der Waals surface area contributed by atoms with E-state index >= 15 is 0 Å². The van der Waals surface area contributed by atoms with E-state index in [0.717, 1.165) is 29.0 Å². The highest BCUT2D eigenvalue weighted by atomic mass is 16.5. The van der Waals surface area contributed by atoms with Crippen LogP contribution in [-0.4, -0.2) is 16.2 Å². The molecule has 1 heterocycles. The highest BCUT2D eigenvalue weighted by molar-refractivity contribution is 5.65. The minimum atomic E-state index is -0.117. The third kappa shape index (κ3) is 3.49. The highest BCUT2D eigenvalue weighted by Crippen LogP contribution is 2.54. The normalized spacial score (nSPS) is 17.7. The molecular weight excluding hydrogens is 350 g/mol. The molecule has 0 aliphatic heterocycles. The van der Waals surface area contributed by atoms with Crippen molar-refractivity contribution in [2.45, 2.75) is 18.3 Å². The Bertz CT molecular complexity index is 1110. The van der Waals surface area contributed by atoms with E-state index in [4.69, 9.17) is 16.9 Å². The maximum Gasteiger partial charge on any atom is 0.254 e. The summed E-state index contributed by atoms with van der Waals surface area (Å²) in [6, 6.07) is 18.0. The van der Waals surface area contributed by atoms with Crippen molar-refractivity contribution in [2.75, 3.05) is 12.3 Å². The average molecular weight is 371 g/mol. The topological polar surface area (TPSA) is 70.1 Å². The van der Waals surface area contributed by atoms with Crippen LogP contribution in [0.1, 0.15) is 29.5 Å². The molecule has 140 valence electrons. The Hall–Kier alpha value is -3.52. The van der Waals surface area contributed by atoms with Crippen LogP contribution in [0.2, 0.25) is 0 Å². The molecule has 0 saturated heterocycles. The Morgan fingerprint density at radius 2 is 1.96 bits per heavy atom. The lowest BCUT2D eigenvalue weighted by molar-refractivity contribution is 0.370. The van der Waals surface area contributed by atoms with Gasteiger partial charge in [-0.2, -0.15) is 0 Å². The van der Waals surface area contributed by atoms with E-state index in [1.165, 1.54) is 10.1 Å². The summed E-state index contributed by atoms with van der Waals surface area (Å²) in [5, 5.41) is 0. The van der Waals surface area contributed by atoms with Crippen LogP contribution in [0.3, 0.4) is 0 Å². The predicted octanol–water partition coefficient (Wildman–Crippen LogP) is 3.31. The first-order chi connectivity index (χ1) is 13.6. The van der Waals surface area contributed by atoms with E-state index in [1.807, 2.05) is 24.3 Å². The summed E-state index contributed by atoms with van der Waals surface area (Å²) >= 11 is 0. The number of anilines is 1. The molecule has 2 N–H and O–H groups in total. The van der Waals surface area contributed by atoms with Crippen molar-refractivity contribution in [1.82, 2.24) is 9.55 Å². The monoisotopic (exact) mass is 371 g/mol. The second kappa shape index (κ2) is 7.24. The summed E-state index contributed by atoms with van der Waals surface area (Å²) in [6.07, 6.45) is 6.19. The van der Waals surface area contributed by atoms with E-state index in [2.05, 4.69) is 35.2 Å². The lowest BCUT2D eigenvalue weighted by Gasteiger charge is -2.08. The Kier molecular flexibility index (Phi) is 4.62. The summed E-state index contributed by atoms with van der Waals surface area (Å²) in [7, 11) is 1.63. The first kappa shape index (κ1) is 17.9. The summed E-state index contributed by atoms with van der Waals surface area (Å²) in [5.74, 6) is 4.08. The van der Waals surface area contributed by atoms with Crippen molar-refractivity contribution in [2.24, 2.45) is 7.05 Å². The van der Waals surface area contributed by atoms with Crippen molar-refractivity contribution in [3.63, 3.8) is 0 Å². The van der Waals surface area contributed by atoms with Gasteiger partial charge in [0.15, 0.2) is 0 Å². The minimum absolute atomic E-state index is 0.117. The molecule has 0 bridgehead atoms. The number of nitrogen functional groups attached to an aromatic ring is 1. The van der Waals surface area contributed by atoms with Crippen molar-refractivity contribution < 1.29 is 4.74 Å². The lowest BCUT2D eigenvalue weighted by atomic mass is 10.00. The predicted molar refractivity (Wildman–Crippen MR) is 110 cm³/mol. The van der Waals surface area contributed by atoms with Crippen LogP contribution in [0.25, 0.3) is 11.1 Å². The van der Waals surface area contributed by atoms with E-state index in [9.17, 15) is 4.79 Å². The third-order valence-electron chi connectivity index (χ3n) is 5.18. The lowest BCUT2D eigenvalue weighted by Crippen LogP contribution is -2.21. The van der Waals surface area contributed by atoms with Crippen LogP contribution < -0.4 is 16.0 Å². The van der Waals surface area contributed by atoms with E-state index < -0.39 is 0 Å². The zero-order valence-electron chi connectivity index (χ0n) is 15.6. The van der Waals surface area contributed by atoms with Gasteiger partial charge in [-0.1, -0.05) is 42.3 Å². The summed E-state index contributed by atoms with van der Waals surface area (Å²) < 4.78 is 6.79. The first-order valence-electron chi connectivity index (χ1n) is 9.17. The van der Waals surface area contributed by atoms with E-state index in [-0.39, 0.29) is 24.0 Å². The second-order valence-corrected chi connectivity index (χ2v) is 7.03. The molecule has 5 heteroatoms. The van der Waals surface area contributed by atoms with Gasteiger partial charge in [0, 0.05) is 19.0 Å². The molecule has 4 rings (SSSR count). The summed E-state index contributed by atoms with van der Waals surface area (Å²) in [6.45, 7) is 0.263. The fourth-order valence-electron chi connectivity index (χ4n) is 3.47. The van der Waals surface area contributed by atoms with Crippen LogP contribution in [0.4, 0.5) is 5.95 Å². The first-order valence-corrected chi connectivity index (χ1v) is 9.17. The third-order valence-corrected chi connectivity index (χ3v) is 5.18. The summed E-state index contributed by atoms with van der Waals surface area (Å²) in [4.78, 5) is 16.4. The molecule has 2 atom stereocenters. The fraction of sp³-hybridized carbons (Fsp3) is 0.217. The van der Waals surface area contributed by atoms with Crippen molar-refractivity contribution in [1.29, 1.82) is 0 Å². The van der Waals surface area contributed by atoms with Gasteiger partial charge in [0.1, 0.15) is 12.4 Å². The number of benzene rings is 2. The highest BCUT2D eigenvalue weighted by Gasteiger charge is 2.41. The number of nitrogens with two attached hydrogens (primary N) is 1. The number of nitrogens with zero attached hydrogens (tertiary/aromatic N) is 2. The van der Waals surface area contributed by atoms with Crippen LogP contribution in [0.5, 0.6) is 5.75 Å². The minimum Gasteiger partial charge on any atom is -0.481 e. The number of hydrogen-bond acceptors (Lipinski definition) is 4. The van der Waals surface area contributed by atoms with Crippen molar-refractivity contribution >= 4 is 5.95 Å². The van der Waals surface area contributed by atoms with Gasteiger partial charge in [-0.25, -0.2) is 4.98 Å². The fourth-order valence-corrected chi connectivity index (χ4v) is 3.47. The number of aromatic nitrogens is 2. The van der Waals surface area contributed by atoms with Gasteiger partial charge in [-0.3, -0.25) is 9.36 Å². The van der Waals surface area contributed by atoms with Gasteiger partial charge in [0.2, 0.25) is 5.95 Å². The molecular formula is C23H21N3O2. The number of terminal acetylenes is 1. The molecule has 1 fully saturated rings. The van der Waals surface area contributed by atoms with Gasteiger partial charge < -0.3 is 10.5 Å². The van der Waals surface area contributed by atoms with Gasteiger partial charge in [-0.05, 0) is 41.2 Å². The molecule has 5 nitrogen and oxygen atoms in total. The van der Waals surface area contributed by atoms with Crippen LogP contribution in [0.15, 0.2) is 59.4 Å². The van der Waals surface area contributed by atoms with Crippen LogP contribution in [0, 0.1) is 12.3 Å². The second-order valence-electron chi connectivity index (χ2n) is 7.03. The smallest absolute Gasteiger partial charge is 0.254 e. The number of rotatable bonds is 5. The molecule has 2 unspecified atom stereocenters. The SMILES string of the molecule is C#CCOc1ccc(-c2cccc(C3CC3c3cc(=O)n(C)c(N)n3)c2)cc1. The van der Waals surface area contributed by atoms with Gasteiger partial charge in [0.05, 0.1) is 5.69 Å². The van der Waals surface area contributed by atoms with Gasteiger partial charge in [-0.15, -0.1) is 6.42 Å². The molecule has 3 aromatic rings. The number of hydrogen-bond donors (Lipinski definition) is 1. The van der Waals surface area contributed by atoms with E-state index in [0.29, 0.717) is 5.92 Å². The maximum absolute atomic E-state index is 12.0.